The Hall–Kier alpha value is -6.64. The molecule has 0 aliphatic rings. The highest BCUT2D eigenvalue weighted by molar-refractivity contribution is 6.15. The minimum Gasteiger partial charge on any atom is -0.456 e. The van der Waals surface area contributed by atoms with E-state index in [0.29, 0.717) is 0 Å². The van der Waals surface area contributed by atoms with E-state index in [1.165, 1.54) is 54.6 Å². The highest BCUT2D eigenvalue weighted by Crippen LogP contribution is 2.44. The molecule has 10 rings (SSSR count). The average molecular weight is 638 g/mol. The highest BCUT2D eigenvalue weighted by Gasteiger charge is 2.19. The Morgan fingerprint density at radius 3 is 1.66 bits per heavy atom. The van der Waals surface area contributed by atoms with Gasteiger partial charge in [0.1, 0.15) is 11.2 Å². The zero-order valence-electron chi connectivity index (χ0n) is 27.3. The first-order valence-corrected chi connectivity index (χ1v) is 17.1. The second kappa shape index (κ2) is 11.5. The Morgan fingerprint density at radius 1 is 0.300 bits per heavy atom. The molecule has 0 atom stereocenters. The van der Waals surface area contributed by atoms with Gasteiger partial charge >= 0.3 is 0 Å². The van der Waals surface area contributed by atoms with E-state index in [1.807, 2.05) is 12.1 Å². The SMILES string of the molecule is c1ccc(-c2ccc3ccc(-c4ccc(N(c5ccc6c(c5)oc5ccccc56)c5cc6ccccc6c6ccccc56)cc4)cc3c2)cc1. The molecule has 1 aromatic heterocycles. The number of hydrogen-bond acceptors (Lipinski definition) is 2. The lowest BCUT2D eigenvalue weighted by Gasteiger charge is -2.27. The van der Waals surface area contributed by atoms with Crippen LogP contribution in [0.25, 0.3) is 76.5 Å². The summed E-state index contributed by atoms with van der Waals surface area (Å²) >= 11 is 0. The Morgan fingerprint density at radius 2 is 0.880 bits per heavy atom. The summed E-state index contributed by atoms with van der Waals surface area (Å²) in [5, 5.41) is 9.61. The van der Waals surface area contributed by atoms with Crippen LogP contribution in [0.2, 0.25) is 0 Å². The molecule has 2 heteroatoms. The number of fused-ring (bicyclic) bond motifs is 7. The molecule has 234 valence electrons. The predicted molar refractivity (Wildman–Crippen MR) is 212 cm³/mol. The van der Waals surface area contributed by atoms with Gasteiger partial charge in [0.2, 0.25) is 0 Å². The molecule has 0 aliphatic heterocycles. The maximum absolute atomic E-state index is 6.39. The van der Waals surface area contributed by atoms with Gasteiger partial charge in [0, 0.05) is 33.6 Å². The van der Waals surface area contributed by atoms with E-state index in [0.717, 1.165) is 39.0 Å². The van der Waals surface area contributed by atoms with Crippen molar-refractivity contribution in [3.05, 3.63) is 188 Å². The lowest BCUT2D eigenvalue weighted by atomic mass is 9.97. The minimum absolute atomic E-state index is 0.876. The molecule has 2 nitrogen and oxygen atoms in total. The molecule has 0 bridgehead atoms. The maximum Gasteiger partial charge on any atom is 0.137 e. The number of para-hydroxylation sites is 1. The van der Waals surface area contributed by atoms with Gasteiger partial charge < -0.3 is 9.32 Å². The van der Waals surface area contributed by atoms with Crippen molar-refractivity contribution in [2.24, 2.45) is 0 Å². The van der Waals surface area contributed by atoms with Crippen molar-refractivity contribution < 1.29 is 4.42 Å². The molecular formula is C48H31NO. The molecule has 0 saturated heterocycles. The number of benzene rings is 9. The van der Waals surface area contributed by atoms with Crippen LogP contribution in [-0.2, 0) is 0 Å². The van der Waals surface area contributed by atoms with Crippen LogP contribution in [0.1, 0.15) is 0 Å². The minimum atomic E-state index is 0.876. The fourth-order valence-electron chi connectivity index (χ4n) is 7.54. The van der Waals surface area contributed by atoms with Gasteiger partial charge in [-0.3, -0.25) is 0 Å². The summed E-state index contributed by atoms with van der Waals surface area (Å²) in [4.78, 5) is 2.37. The van der Waals surface area contributed by atoms with Gasteiger partial charge in [0.15, 0.2) is 0 Å². The summed E-state index contributed by atoms with van der Waals surface area (Å²) in [5.74, 6) is 0. The Balaban J connectivity index is 1.12. The first-order valence-electron chi connectivity index (χ1n) is 17.1. The van der Waals surface area contributed by atoms with Crippen LogP contribution in [0.3, 0.4) is 0 Å². The molecule has 1 heterocycles. The monoisotopic (exact) mass is 637 g/mol. The zero-order chi connectivity index (χ0) is 33.0. The topological polar surface area (TPSA) is 16.4 Å². The van der Waals surface area contributed by atoms with E-state index in [1.54, 1.807) is 0 Å². The maximum atomic E-state index is 6.39. The molecular weight excluding hydrogens is 607 g/mol. The summed E-state index contributed by atoms with van der Waals surface area (Å²) in [7, 11) is 0. The van der Waals surface area contributed by atoms with Crippen molar-refractivity contribution in [1.29, 1.82) is 0 Å². The lowest BCUT2D eigenvalue weighted by Crippen LogP contribution is -2.10. The summed E-state index contributed by atoms with van der Waals surface area (Å²) < 4.78 is 6.39. The van der Waals surface area contributed by atoms with E-state index in [-0.39, 0.29) is 0 Å². The Kier molecular flexibility index (Phi) is 6.53. The van der Waals surface area contributed by atoms with E-state index < -0.39 is 0 Å². The first kappa shape index (κ1) is 28.4. The quantitative estimate of drug-likeness (QED) is 0.175. The van der Waals surface area contributed by atoms with E-state index >= 15 is 0 Å². The van der Waals surface area contributed by atoms with E-state index in [2.05, 4.69) is 181 Å². The molecule has 0 spiro atoms. The van der Waals surface area contributed by atoms with Crippen LogP contribution >= 0.6 is 0 Å². The van der Waals surface area contributed by atoms with Crippen molar-refractivity contribution in [2.45, 2.75) is 0 Å². The third kappa shape index (κ3) is 4.73. The van der Waals surface area contributed by atoms with Crippen LogP contribution in [0.5, 0.6) is 0 Å². The molecule has 0 aliphatic carbocycles. The van der Waals surface area contributed by atoms with Crippen molar-refractivity contribution in [1.82, 2.24) is 0 Å². The second-order valence-electron chi connectivity index (χ2n) is 13.0. The van der Waals surface area contributed by atoms with Gasteiger partial charge in [-0.1, -0.05) is 133 Å². The van der Waals surface area contributed by atoms with Crippen molar-refractivity contribution in [2.75, 3.05) is 4.90 Å². The zero-order valence-corrected chi connectivity index (χ0v) is 27.3. The van der Waals surface area contributed by atoms with Crippen LogP contribution in [0.4, 0.5) is 17.1 Å². The average Bonchev–Trinajstić information content (AvgIpc) is 3.56. The summed E-state index contributed by atoms with van der Waals surface area (Å²) in [6, 6.07) is 67.6. The molecule has 0 saturated carbocycles. The molecule has 0 fully saturated rings. The number of furan rings is 1. The van der Waals surface area contributed by atoms with Crippen LogP contribution in [-0.4, -0.2) is 0 Å². The second-order valence-corrected chi connectivity index (χ2v) is 13.0. The number of anilines is 3. The number of hydrogen-bond donors (Lipinski definition) is 0. The molecule has 50 heavy (non-hydrogen) atoms. The highest BCUT2D eigenvalue weighted by atomic mass is 16.3. The summed E-state index contributed by atoms with van der Waals surface area (Å²) in [6.45, 7) is 0. The van der Waals surface area contributed by atoms with Gasteiger partial charge in [-0.2, -0.15) is 0 Å². The lowest BCUT2D eigenvalue weighted by molar-refractivity contribution is 0.669. The van der Waals surface area contributed by atoms with Crippen molar-refractivity contribution in [3.8, 4) is 22.3 Å². The first-order chi connectivity index (χ1) is 24.8. The standard InChI is InChI=1S/C48H31NO/c1-2-10-32(11-3-1)35-20-18-34-19-21-36(29-38(34)28-35)33-22-24-39(25-23-33)49(40-26-27-45-44-16-8-9-17-47(44)50-48(45)31-40)46-30-37-12-4-5-13-41(37)42-14-6-7-15-43(42)46/h1-31H. The van der Waals surface area contributed by atoms with Gasteiger partial charge in [-0.25, -0.2) is 0 Å². The fraction of sp³-hybridized carbons (Fsp3) is 0. The normalized spacial score (nSPS) is 11.6. The van der Waals surface area contributed by atoms with Crippen LogP contribution < -0.4 is 4.90 Å². The molecule has 0 N–H and O–H groups in total. The molecule has 9 aromatic carbocycles. The predicted octanol–water partition coefficient (Wildman–Crippen LogP) is 13.8. The van der Waals surface area contributed by atoms with Gasteiger partial charge in [0.25, 0.3) is 0 Å². The Labute approximate surface area is 290 Å². The van der Waals surface area contributed by atoms with Crippen molar-refractivity contribution >= 4 is 71.3 Å². The van der Waals surface area contributed by atoms with Gasteiger partial charge in [-0.15, -0.1) is 0 Å². The third-order valence-corrected chi connectivity index (χ3v) is 10.0. The molecule has 0 amide bonds. The summed E-state index contributed by atoms with van der Waals surface area (Å²) in [5.41, 5.74) is 9.86. The van der Waals surface area contributed by atoms with E-state index in [9.17, 15) is 0 Å². The molecule has 10 aromatic rings. The summed E-state index contributed by atoms with van der Waals surface area (Å²) in [6.07, 6.45) is 0. The van der Waals surface area contributed by atoms with Gasteiger partial charge in [0.05, 0.1) is 5.69 Å². The number of rotatable bonds is 5. The molecule has 0 radical (unpaired) electrons. The third-order valence-electron chi connectivity index (χ3n) is 10.0. The Bertz CT molecular complexity index is 2870. The fourth-order valence-corrected chi connectivity index (χ4v) is 7.54. The van der Waals surface area contributed by atoms with Crippen molar-refractivity contribution in [3.63, 3.8) is 0 Å². The van der Waals surface area contributed by atoms with Crippen LogP contribution in [0, 0.1) is 0 Å². The smallest absolute Gasteiger partial charge is 0.137 e. The molecule has 0 unspecified atom stereocenters. The van der Waals surface area contributed by atoms with Gasteiger partial charge in [-0.05, 0) is 97.7 Å². The number of nitrogens with zero attached hydrogens (tertiary/aromatic N) is 1. The van der Waals surface area contributed by atoms with Crippen LogP contribution in [0.15, 0.2) is 192 Å². The van der Waals surface area contributed by atoms with E-state index in [4.69, 9.17) is 4.42 Å². The largest absolute Gasteiger partial charge is 0.456 e.